The normalized spacial score (nSPS) is 11.7. The average molecular weight is 326 g/mol. The molecule has 116 valence electrons. The smallest absolute Gasteiger partial charge is 0.134 e. The predicted molar refractivity (Wildman–Crippen MR) is 93.9 cm³/mol. The summed E-state index contributed by atoms with van der Waals surface area (Å²) < 4.78 is 6.22. The molecule has 2 aromatic rings. The minimum atomic E-state index is 0. The molecule has 1 atom stereocenters. The van der Waals surface area contributed by atoms with Gasteiger partial charge in [-0.15, -0.1) is 23.7 Å². The average Bonchev–Trinajstić information content (AvgIpc) is 2.98. The van der Waals surface area contributed by atoms with Crippen LogP contribution in [0.4, 0.5) is 0 Å². The van der Waals surface area contributed by atoms with Gasteiger partial charge in [-0.2, -0.15) is 0 Å². The highest BCUT2D eigenvalue weighted by Crippen LogP contribution is 2.28. The molecular formula is C17H24ClNOS. The minimum absolute atomic E-state index is 0. The fourth-order valence-electron chi connectivity index (χ4n) is 2.24. The van der Waals surface area contributed by atoms with Crippen LogP contribution in [0.5, 0.6) is 5.75 Å². The maximum atomic E-state index is 6.22. The van der Waals surface area contributed by atoms with Crippen LogP contribution in [0.3, 0.4) is 0 Å². The Balaban J connectivity index is 0.00000220. The van der Waals surface area contributed by atoms with Crippen molar-refractivity contribution in [2.75, 3.05) is 13.6 Å². The van der Waals surface area contributed by atoms with Crippen molar-refractivity contribution in [3.63, 3.8) is 0 Å². The van der Waals surface area contributed by atoms with Crippen molar-refractivity contribution in [3.05, 3.63) is 52.2 Å². The van der Waals surface area contributed by atoms with Crippen molar-refractivity contribution < 1.29 is 4.74 Å². The second kappa shape index (κ2) is 9.82. The van der Waals surface area contributed by atoms with Crippen molar-refractivity contribution in [2.24, 2.45) is 0 Å². The molecule has 1 aromatic heterocycles. The summed E-state index contributed by atoms with van der Waals surface area (Å²) in [5, 5.41) is 5.31. The summed E-state index contributed by atoms with van der Waals surface area (Å²) in [6, 6.07) is 12.7. The molecule has 0 saturated carbocycles. The summed E-state index contributed by atoms with van der Waals surface area (Å²) in [5.41, 5.74) is 1.35. The van der Waals surface area contributed by atoms with Gasteiger partial charge in [-0.3, -0.25) is 0 Å². The number of hydrogen-bond donors (Lipinski definition) is 1. The molecule has 0 spiro atoms. The summed E-state index contributed by atoms with van der Waals surface area (Å²) in [5.74, 6) is 0.977. The monoisotopic (exact) mass is 325 g/mol. The zero-order chi connectivity index (χ0) is 14.2. The van der Waals surface area contributed by atoms with Crippen LogP contribution >= 0.6 is 23.7 Å². The molecule has 1 unspecified atom stereocenters. The van der Waals surface area contributed by atoms with Crippen LogP contribution in [0, 0.1) is 0 Å². The summed E-state index contributed by atoms with van der Waals surface area (Å²) in [4.78, 5) is 1.29. The van der Waals surface area contributed by atoms with Crippen molar-refractivity contribution in [1.29, 1.82) is 0 Å². The number of rotatable bonds is 8. The van der Waals surface area contributed by atoms with Crippen LogP contribution in [0.25, 0.3) is 0 Å². The van der Waals surface area contributed by atoms with Gasteiger partial charge in [0.15, 0.2) is 0 Å². The van der Waals surface area contributed by atoms with Gasteiger partial charge >= 0.3 is 0 Å². The van der Waals surface area contributed by atoms with Crippen molar-refractivity contribution in [1.82, 2.24) is 5.32 Å². The lowest BCUT2D eigenvalue weighted by molar-refractivity contribution is 0.198. The summed E-state index contributed by atoms with van der Waals surface area (Å²) in [7, 11) is 1.98. The molecule has 21 heavy (non-hydrogen) atoms. The van der Waals surface area contributed by atoms with Gasteiger partial charge in [0, 0.05) is 11.3 Å². The fourth-order valence-corrected chi connectivity index (χ4v) is 3.03. The van der Waals surface area contributed by atoms with E-state index in [0.717, 1.165) is 31.6 Å². The van der Waals surface area contributed by atoms with E-state index in [4.69, 9.17) is 4.74 Å². The molecular weight excluding hydrogens is 302 g/mol. The molecule has 0 fully saturated rings. The van der Waals surface area contributed by atoms with Crippen LogP contribution in [0.1, 0.15) is 36.3 Å². The van der Waals surface area contributed by atoms with Gasteiger partial charge < -0.3 is 10.1 Å². The third-order valence-electron chi connectivity index (χ3n) is 3.23. The van der Waals surface area contributed by atoms with E-state index in [1.54, 1.807) is 11.3 Å². The molecule has 0 bridgehead atoms. The first-order chi connectivity index (χ1) is 9.83. The zero-order valence-electron chi connectivity index (χ0n) is 12.7. The van der Waals surface area contributed by atoms with E-state index in [1.165, 1.54) is 10.4 Å². The van der Waals surface area contributed by atoms with E-state index in [2.05, 4.69) is 54.0 Å². The number of ether oxygens (including phenoxy) is 1. The molecule has 0 aliphatic rings. The van der Waals surface area contributed by atoms with E-state index in [0.29, 0.717) is 0 Å². The van der Waals surface area contributed by atoms with Crippen LogP contribution in [-0.2, 0) is 6.42 Å². The number of halogens is 1. The largest absolute Gasteiger partial charge is 0.485 e. The summed E-state index contributed by atoms with van der Waals surface area (Å²) in [6.07, 6.45) is 3.39. The Morgan fingerprint density at radius 3 is 2.76 bits per heavy atom. The predicted octanol–water partition coefficient (Wildman–Crippen LogP) is 4.85. The Bertz CT molecular complexity index is 501. The van der Waals surface area contributed by atoms with Gasteiger partial charge in [0.2, 0.25) is 0 Å². The van der Waals surface area contributed by atoms with Gasteiger partial charge in [0.25, 0.3) is 0 Å². The Labute approximate surface area is 137 Å². The first-order valence-electron chi connectivity index (χ1n) is 7.27. The third-order valence-corrected chi connectivity index (χ3v) is 4.20. The quantitative estimate of drug-likeness (QED) is 0.749. The number of thiophene rings is 1. The van der Waals surface area contributed by atoms with E-state index in [1.807, 2.05) is 7.05 Å². The molecule has 0 aliphatic carbocycles. The lowest BCUT2D eigenvalue weighted by atomic mass is 10.1. The number of nitrogens with one attached hydrogen (secondary N) is 1. The van der Waals surface area contributed by atoms with Gasteiger partial charge in [0.05, 0.1) is 0 Å². The molecule has 1 heterocycles. The number of hydrogen-bond acceptors (Lipinski definition) is 3. The number of aryl methyl sites for hydroxylation is 1. The molecule has 1 N–H and O–H groups in total. The van der Waals surface area contributed by atoms with Crippen LogP contribution in [0.15, 0.2) is 41.8 Å². The van der Waals surface area contributed by atoms with Crippen molar-refractivity contribution in [3.8, 4) is 5.75 Å². The maximum absolute atomic E-state index is 6.22. The van der Waals surface area contributed by atoms with Crippen molar-refractivity contribution in [2.45, 2.75) is 32.3 Å². The fraction of sp³-hybridized carbons (Fsp3) is 0.412. The highest BCUT2D eigenvalue weighted by atomic mass is 35.5. The van der Waals surface area contributed by atoms with Gasteiger partial charge in [-0.25, -0.2) is 0 Å². The minimum Gasteiger partial charge on any atom is -0.485 e. The molecule has 2 rings (SSSR count). The number of benzene rings is 1. The zero-order valence-corrected chi connectivity index (χ0v) is 14.3. The van der Waals surface area contributed by atoms with E-state index >= 15 is 0 Å². The van der Waals surface area contributed by atoms with E-state index in [9.17, 15) is 0 Å². The summed E-state index contributed by atoms with van der Waals surface area (Å²) in [6.45, 7) is 3.16. The molecule has 0 saturated heterocycles. The van der Waals surface area contributed by atoms with E-state index < -0.39 is 0 Å². The Hall–Kier alpha value is -1.03. The first kappa shape index (κ1) is 18.0. The topological polar surface area (TPSA) is 21.3 Å². The van der Waals surface area contributed by atoms with Gasteiger partial charge in [0.1, 0.15) is 11.9 Å². The SMILES string of the molecule is CCCc1cccc(OC(CCNC)c2cccs2)c1.Cl. The first-order valence-corrected chi connectivity index (χ1v) is 8.15. The second-order valence-electron chi connectivity index (χ2n) is 4.91. The molecule has 1 aromatic carbocycles. The molecule has 0 aliphatic heterocycles. The van der Waals surface area contributed by atoms with E-state index in [-0.39, 0.29) is 18.5 Å². The maximum Gasteiger partial charge on any atom is 0.134 e. The van der Waals surface area contributed by atoms with Crippen LogP contribution in [-0.4, -0.2) is 13.6 Å². The lowest BCUT2D eigenvalue weighted by Crippen LogP contribution is -2.15. The molecule has 0 radical (unpaired) electrons. The Kier molecular flexibility index (Phi) is 8.43. The highest BCUT2D eigenvalue weighted by molar-refractivity contribution is 7.10. The molecule has 2 nitrogen and oxygen atoms in total. The highest BCUT2D eigenvalue weighted by Gasteiger charge is 2.14. The van der Waals surface area contributed by atoms with Crippen molar-refractivity contribution >= 4 is 23.7 Å². The van der Waals surface area contributed by atoms with Gasteiger partial charge in [-0.05, 0) is 49.2 Å². The second-order valence-corrected chi connectivity index (χ2v) is 5.89. The third kappa shape index (κ3) is 5.70. The standard InChI is InChI=1S/C17H23NOS.ClH/c1-3-6-14-7-4-8-15(13-14)19-16(10-11-18-2)17-9-5-12-20-17;/h4-5,7-9,12-13,16,18H,3,6,10-11H2,1-2H3;1H. The van der Waals surface area contributed by atoms with Crippen LogP contribution < -0.4 is 10.1 Å². The Morgan fingerprint density at radius 1 is 1.24 bits per heavy atom. The molecule has 0 amide bonds. The Morgan fingerprint density at radius 2 is 2.10 bits per heavy atom. The van der Waals surface area contributed by atoms with Crippen LogP contribution in [0.2, 0.25) is 0 Å². The summed E-state index contributed by atoms with van der Waals surface area (Å²) >= 11 is 1.76. The lowest BCUT2D eigenvalue weighted by Gasteiger charge is -2.18. The van der Waals surface area contributed by atoms with Gasteiger partial charge in [-0.1, -0.05) is 31.5 Å². The molecule has 4 heteroatoms.